The molecular formula is C15H9Br2N3O. The number of nitrogens with zero attached hydrogens (tertiary/aromatic N) is 2. The first-order valence-corrected chi connectivity index (χ1v) is 7.69. The fourth-order valence-electron chi connectivity index (χ4n) is 1.93. The number of hydrogen-bond donors (Lipinski definition) is 1. The molecule has 1 aromatic heterocycles. The van der Waals surface area contributed by atoms with Gasteiger partial charge in [-0.25, -0.2) is 0 Å². The third-order valence-electron chi connectivity index (χ3n) is 2.85. The summed E-state index contributed by atoms with van der Waals surface area (Å²) in [6.45, 7) is 0. The second-order valence-corrected chi connectivity index (χ2v) is 6.20. The highest BCUT2D eigenvalue weighted by Gasteiger charge is 2.08. The normalized spacial score (nSPS) is 10.6. The van der Waals surface area contributed by atoms with E-state index in [-0.39, 0.29) is 5.91 Å². The van der Waals surface area contributed by atoms with Gasteiger partial charge in [0, 0.05) is 32.6 Å². The van der Waals surface area contributed by atoms with Crippen LogP contribution in [0.25, 0.3) is 11.0 Å². The second kappa shape index (κ2) is 5.91. The summed E-state index contributed by atoms with van der Waals surface area (Å²) in [6.07, 6.45) is 3.26. The van der Waals surface area contributed by atoms with Crippen LogP contribution in [-0.4, -0.2) is 15.9 Å². The van der Waals surface area contributed by atoms with Crippen LogP contribution >= 0.6 is 31.9 Å². The zero-order chi connectivity index (χ0) is 14.8. The van der Waals surface area contributed by atoms with Crippen molar-refractivity contribution >= 4 is 54.5 Å². The molecule has 21 heavy (non-hydrogen) atoms. The first-order chi connectivity index (χ1) is 10.1. The van der Waals surface area contributed by atoms with Crippen LogP contribution in [0.3, 0.4) is 0 Å². The summed E-state index contributed by atoms with van der Waals surface area (Å²) in [5.74, 6) is -0.180. The number of amides is 1. The number of fused-ring (bicyclic) bond motifs is 1. The van der Waals surface area contributed by atoms with E-state index in [1.54, 1.807) is 30.6 Å². The van der Waals surface area contributed by atoms with Crippen molar-refractivity contribution in [3.05, 3.63) is 63.3 Å². The largest absolute Gasteiger partial charge is 0.322 e. The zero-order valence-electron chi connectivity index (χ0n) is 10.7. The Hall–Kier alpha value is -1.79. The molecule has 0 unspecified atom stereocenters. The summed E-state index contributed by atoms with van der Waals surface area (Å²) in [5.41, 5.74) is 2.78. The molecule has 0 fully saturated rings. The number of carbonyl (C=O) groups is 1. The molecule has 0 saturated carbocycles. The highest BCUT2D eigenvalue weighted by Crippen LogP contribution is 2.21. The van der Waals surface area contributed by atoms with Crippen molar-refractivity contribution in [3.8, 4) is 0 Å². The first kappa shape index (κ1) is 14.2. The average Bonchev–Trinajstić information content (AvgIpc) is 2.46. The quantitative estimate of drug-likeness (QED) is 0.685. The Kier molecular flexibility index (Phi) is 3.98. The monoisotopic (exact) mass is 405 g/mol. The van der Waals surface area contributed by atoms with E-state index in [9.17, 15) is 4.79 Å². The Morgan fingerprint density at radius 3 is 2.29 bits per heavy atom. The van der Waals surface area contributed by atoms with E-state index >= 15 is 0 Å². The Balaban J connectivity index is 1.88. The minimum absolute atomic E-state index is 0.180. The van der Waals surface area contributed by atoms with Gasteiger partial charge in [-0.05, 0) is 36.4 Å². The van der Waals surface area contributed by atoms with Crippen molar-refractivity contribution in [1.29, 1.82) is 0 Å². The number of hydrogen-bond acceptors (Lipinski definition) is 3. The van der Waals surface area contributed by atoms with Crippen molar-refractivity contribution in [2.75, 3.05) is 5.32 Å². The number of aromatic nitrogens is 2. The smallest absolute Gasteiger partial charge is 0.255 e. The van der Waals surface area contributed by atoms with Gasteiger partial charge in [0.25, 0.3) is 5.91 Å². The fourth-order valence-corrected chi connectivity index (χ4v) is 3.22. The van der Waals surface area contributed by atoms with E-state index in [2.05, 4.69) is 47.1 Å². The summed E-state index contributed by atoms with van der Waals surface area (Å²) in [4.78, 5) is 20.7. The highest BCUT2D eigenvalue weighted by molar-refractivity contribution is 9.11. The molecule has 104 valence electrons. The lowest BCUT2D eigenvalue weighted by Crippen LogP contribution is -2.11. The molecule has 0 saturated heterocycles. The number of carbonyl (C=O) groups excluding carboxylic acids is 1. The van der Waals surface area contributed by atoms with Crippen LogP contribution in [-0.2, 0) is 0 Å². The predicted octanol–water partition coefficient (Wildman–Crippen LogP) is 4.41. The summed E-state index contributed by atoms with van der Waals surface area (Å²) in [7, 11) is 0. The zero-order valence-corrected chi connectivity index (χ0v) is 13.8. The molecule has 1 amide bonds. The minimum Gasteiger partial charge on any atom is -0.322 e. The standard InChI is InChI=1S/C15H9Br2N3O/c16-10-5-9(6-11(17)7-10)15(21)20-12-1-2-13-14(8-12)19-4-3-18-13/h1-8H,(H,20,21). The van der Waals surface area contributed by atoms with Crippen molar-refractivity contribution in [3.63, 3.8) is 0 Å². The van der Waals surface area contributed by atoms with E-state index < -0.39 is 0 Å². The van der Waals surface area contributed by atoms with Gasteiger partial charge in [-0.1, -0.05) is 31.9 Å². The molecule has 3 aromatic rings. The van der Waals surface area contributed by atoms with Crippen LogP contribution in [0.5, 0.6) is 0 Å². The lowest BCUT2D eigenvalue weighted by Gasteiger charge is -2.07. The average molecular weight is 407 g/mol. The maximum Gasteiger partial charge on any atom is 0.255 e. The van der Waals surface area contributed by atoms with E-state index in [0.29, 0.717) is 11.3 Å². The number of halogens is 2. The van der Waals surface area contributed by atoms with Gasteiger partial charge in [0.2, 0.25) is 0 Å². The summed E-state index contributed by atoms with van der Waals surface area (Å²) < 4.78 is 1.68. The molecule has 0 atom stereocenters. The van der Waals surface area contributed by atoms with Gasteiger partial charge in [-0.2, -0.15) is 0 Å². The molecule has 1 N–H and O–H groups in total. The second-order valence-electron chi connectivity index (χ2n) is 4.37. The van der Waals surface area contributed by atoms with E-state index in [1.165, 1.54) is 0 Å². The van der Waals surface area contributed by atoms with E-state index in [0.717, 1.165) is 20.0 Å². The van der Waals surface area contributed by atoms with Crippen molar-refractivity contribution in [2.24, 2.45) is 0 Å². The maximum absolute atomic E-state index is 12.3. The third kappa shape index (κ3) is 3.28. The van der Waals surface area contributed by atoms with E-state index in [4.69, 9.17) is 0 Å². The van der Waals surface area contributed by atoms with Crippen molar-refractivity contribution < 1.29 is 4.79 Å². The van der Waals surface area contributed by atoms with Crippen LogP contribution in [0.15, 0.2) is 57.7 Å². The summed E-state index contributed by atoms with van der Waals surface area (Å²) in [5, 5.41) is 2.86. The number of anilines is 1. The molecule has 0 aliphatic heterocycles. The van der Waals surface area contributed by atoms with Crippen LogP contribution < -0.4 is 5.32 Å². The van der Waals surface area contributed by atoms with Crippen molar-refractivity contribution in [1.82, 2.24) is 9.97 Å². The van der Waals surface area contributed by atoms with E-state index in [1.807, 2.05) is 18.2 Å². The van der Waals surface area contributed by atoms with Gasteiger partial charge in [-0.3, -0.25) is 14.8 Å². The predicted molar refractivity (Wildman–Crippen MR) is 89.3 cm³/mol. The molecule has 1 heterocycles. The van der Waals surface area contributed by atoms with Crippen LogP contribution in [0.1, 0.15) is 10.4 Å². The van der Waals surface area contributed by atoms with Crippen LogP contribution in [0.4, 0.5) is 5.69 Å². The lowest BCUT2D eigenvalue weighted by molar-refractivity contribution is 0.102. The first-order valence-electron chi connectivity index (χ1n) is 6.10. The van der Waals surface area contributed by atoms with Gasteiger partial charge in [-0.15, -0.1) is 0 Å². The Labute approximate surface area is 137 Å². The Morgan fingerprint density at radius 2 is 1.57 bits per heavy atom. The van der Waals surface area contributed by atoms with Crippen molar-refractivity contribution in [2.45, 2.75) is 0 Å². The molecule has 3 rings (SSSR count). The van der Waals surface area contributed by atoms with Crippen LogP contribution in [0, 0.1) is 0 Å². The fraction of sp³-hybridized carbons (Fsp3) is 0. The molecule has 6 heteroatoms. The SMILES string of the molecule is O=C(Nc1ccc2nccnc2c1)c1cc(Br)cc(Br)c1. The van der Waals surface area contributed by atoms with Crippen LogP contribution in [0.2, 0.25) is 0 Å². The van der Waals surface area contributed by atoms with Gasteiger partial charge in [0.05, 0.1) is 11.0 Å². The molecule has 4 nitrogen and oxygen atoms in total. The third-order valence-corrected chi connectivity index (χ3v) is 3.77. The highest BCUT2D eigenvalue weighted by atomic mass is 79.9. The molecule has 2 aromatic carbocycles. The lowest BCUT2D eigenvalue weighted by atomic mass is 10.2. The molecular weight excluding hydrogens is 398 g/mol. The summed E-state index contributed by atoms with van der Waals surface area (Å²) >= 11 is 6.74. The minimum atomic E-state index is -0.180. The van der Waals surface area contributed by atoms with Gasteiger partial charge in [0.15, 0.2) is 0 Å². The molecule has 0 bridgehead atoms. The topological polar surface area (TPSA) is 54.9 Å². The number of nitrogens with one attached hydrogen (secondary N) is 1. The van der Waals surface area contributed by atoms with Gasteiger partial charge < -0.3 is 5.32 Å². The molecule has 0 spiro atoms. The van der Waals surface area contributed by atoms with Gasteiger partial charge in [0.1, 0.15) is 0 Å². The number of benzene rings is 2. The Morgan fingerprint density at radius 1 is 0.905 bits per heavy atom. The summed E-state index contributed by atoms with van der Waals surface area (Å²) in [6, 6.07) is 10.8. The molecule has 0 aliphatic carbocycles. The number of rotatable bonds is 2. The van der Waals surface area contributed by atoms with Gasteiger partial charge >= 0.3 is 0 Å². The Bertz CT molecular complexity index is 816. The maximum atomic E-state index is 12.3. The molecule has 0 radical (unpaired) electrons. The molecule has 0 aliphatic rings.